The van der Waals surface area contributed by atoms with Gasteiger partial charge in [0.25, 0.3) is 0 Å². The van der Waals surface area contributed by atoms with Crippen LogP contribution in [0, 0.1) is 0 Å². The topological polar surface area (TPSA) is 35.5 Å². The lowest BCUT2D eigenvalue weighted by atomic mass is 10.3. The maximum atomic E-state index is 11.8. The number of thiophene rings is 1. The Balaban J connectivity index is 2.10. The summed E-state index contributed by atoms with van der Waals surface area (Å²) in [5, 5.41) is 0. The van der Waals surface area contributed by atoms with E-state index in [1.54, 1.807) is 11.3 Å². The van der Waals surface area contributed by atoms with Gasteiger partial charge in [-0.05, 0) is 25.0 Å². The highest BCUT2D eigenvalue weighted by molar-refractivity contribution is 7.14. The number of unbranched alkanes of at least 4 members (excludes halogenated alkanes) is 1. The maximum absolute atomic E-state index is 11.8. The number of hydrogen-bond acceptors (Lipinski definition) is 4. The molecule has 102 valence electrons. The molecule has 1 rings (SSSR count). The molecule has 0 fully saturated rings. The number of ether oxygens (including phenoxy) is 2. The smallest absolute Gasteiger partial charge is 0.198 e. The monoisotopic (exact) mass is 270 g/mol. The largest absolute Gasteiger partial charge is 0.379 e. The predicted molar refractivity (Wildman–Crippen MR) is 74.6 cm³/mol. The van der Waals surface area contributed by atoms with Crippen LogP contribution in [-0.4, -0.2) is 32.2 Å². The molecule has 0 amide bonds. The fraction of sp³-hybridized carbons (Fsp3) is 0.643. The highest BCUT2D eigenvalue weighted by atomic mass is 32.1. The van der Waals surface area contributed by atoms with E-state index in [2.05, 4.69) is 13.8 Å². The summed E-state index contributed by atoms with van der Waals surface area (Å²) in [5.74, 6) is 0.0632. The Bertz CT molecular complexity index is 347. The van der Waals surface area contributed by atoms with Crippen molar-refractivity contribution in [2.75, 3.05) is 26.4 Å². The SMILES string of the molecule is CCCCOCCOCC(=O)c1ccc(CC)s1. The van der Waals surface area contributed by atoms with Gasteiger partial charge in [-0.25, -0.2) is 0 Å². The molecular formula is C14H22O3S. The summed E-state index contributed by atoms with van der Waals surface area (Å²) in [6.07, 6.45) is 3.19. The molecule has 0 unspecified atom stereocenters. The molecule has 0 radical (unpaired) electrons. The molecule has 0 saturated heterocycles. The predicted octanol–water partition coefficient (Wildman–Crippen LogP) is 3.33. The highest BCUT2D eigenvalue weighted by Crippen LogP contribution is 2.17. The van der Waals surface area contributed by atoms with E-state index in [0.29, 0.717) is 13.2 Å². The molecule has 0 aliphatic heterocycles. The van der Waals surface area contributed by atoms with Crippen LogP contribution in [0.25, 0.3) is 0 Å². The van der Waals surface area contributed by atoms with Gasteiger partial charge in [-0.15, -0.1) is 11.3 Å². The second-order valence-electron chi connectivity index (χ2n) is 4.06. The summed E-state index contributed by atoms with van der Waals surface area (Å²) in [6, 6.07) is 3.89. The number of rotatable bonds is 10. The first-order chi connectivity index (χ1) is 8.77. The Morgan fingerprint density at radius 3 is 2.61 bits per heavy atom. The van der Waals surface area contributed by atoms with Crippen molar-refractivity contribution >= 4 is 17.1 Å². The second kappa shape index (κ2) is 9.25. The molecule has 0 aromatic carbocycles. The van der Waals surface area contributed by atoms with Gasteiger partial charge in [0.1, 0.15) is 6.61 Å². The van der Waals surface area contributed by atoms with E-state index in [9.17, 15) is 4.79 Å². The lowest BCUT2D eigenvalue weighted by Crippen LogP contribution is -2.12. The van der Waals surface area contributed by atoms with Crippen molar-refractivity contribution in [2.24, 2.45) is 0 Å². The third-order valence-electron chi connectivity index (χ3n) is 2.53. The minimum absolute atomic E-state index is 0.0632. The average molecular weight is 270 g/mol. The van der Waals surface area contributed by atoms with E-state index in [-0.39, 0.29) is 12.4 Å². The third kappa shape index (κ3) is 5.76. The van der Waals surface area contributed by atoms with Gasteiger partial charge in [-0.1, -0.05) is 20.3 Å². The number of aryl methyl sites for hydroxylation is 1. The number of ketones is 1. The van der Waals surface area contributed by atoms with Crippen LogP contribution in [0.4, 0.5) is 0 Å². The first kappa shape index (κ1) is 15.3. The molecule has 1 aromatic heterocycles. The lowest BCUT2D eigenvalue weighted by Gasteiger charge is -2.04. The van der Waals surface area contributed by atoms with Crippen LogP contribution < -0.4 is 0 Å². The Morgan fingerprint density at radius 1 is 1.17 bits per heavy atom. The zero-order valence-corrected chi connectivity index (χ0v) is 12.1. The highest BCUT2D eigenvalue weighted by Gasteiger charge is 2.08. The third-order valence-corrected chi connectivity index (χ3v) is 3.80. The van der Waals surface area contributed by atoms with Crippen molar-refractivity contribution in [1.29, 1.82) is 0 Å². The summed E-state index contributed by atoms with van der Waals surface area (Å²) < 4.78 is 10.7. The first-order valence-corrected chi connectivity index (χ1v) is 7.37. The summed E-state index contributed by atoms with van der Waals surface area (Å²) in [6.45, 7) is 6.20. The molecule has 0 N–H and O–H groups in total. The summed E-state index contributed by atoms with van der Waals surface area (Å²) in [7, 11) is 0. The van der Waals surface area contributed by atoms with Crippen molar-refractivity contribution in [1.82, 2.24) is 0 Å². The molecule has 1 aromatic rings. The van der Waals surface area contributed by atoms with Gasteiger partial charge in [0.15, 0.2) is 5.78 Å². The molecule has 0 aliphatic carbocycles. The standard InChI is InChI=1S/C14H22O3S/c1-3-5-8-16-9-10-17-11-13(15)14-7-6-12(4-2)18-14/h6-7H,3-5,8-11H2,1-2H3. The Labute approximate surface area is 113 Å². The number of Topliss-reactive ketones (excluding diaryl/α,β-unsaturated/α-hetero) is 1. The molecule has 18 heavy (non-hydrogen) atoms. The van der Waals surface area contributed by atoms with E-state index < -0.39 is 0 Å². The van der Waals surface area contributed by atoms with Gasteiger partial charge in [0, 0.05) is 11.5 Å². The maximum Gasteiger partial charge on any atom is 0.198 e. The van der Waals surface area contributed by atoms with Gasteiger partial charge >= 0.3 is 0 Å². The fourth-order valence-electron chi connectivity index (χ4n) is 1.42. The van der Waals surface area contributed by atoms with Gasteiger partial charge < -0.3 is 9.47 Å². The Kier molecular flexibility index (Phi) is 7.89. The van der Waals surface area contributed by atoms with Gasteiger partial charge in [0.2, 0.25) is 0 Å². The van der Waals surface area contributed by atoms with Gasteiger partial charge in [0.05, 0.1) is 18.1 Å². The fourth-order valence-corrected chi connectivity index (χ4v) is 2.29. The van der Waals surface area contributed by atoms with Crippen LogP contribution in [0.3, 0.4) is 0 Å². The van der Waals surface area contributed by atoms with E-state index in [0.717, 1.165) is 30.7 Å². The van der Waals surface area contributed by atoms with Crippen molar-refractivity contribution < 1.29 is 14.3 Å². The molecule has 1 heterocycles. The normalized spacial score (nSPS) is 10.8. The summed E-state index contributed by atoms with van der Waals surface area (Å²) >= 11 is 1.56. The molecule has 0 atom stereocenters. The molecule has 4 heteroatoms. The number of carbonyl (C=O) groups is 1. The van der Waals surface area contributed by atoms with Crippen molar-refractivity contribution in [3.8, 4) is 0 Å². The van der Waals surface area contributed by atoms with Crippen molar-refractivity contribution in [3.05, 3.63) is 21.9 Å². The second-order valence-corrected chi connectivity index (χ2v) is 5.23. The van der Waals surface area contributed by atoms with Crippen LogP contribution in [-0.2, 0) is 15.9 Å². The summed E-state index contributed by atoms with van der Waals surface area (Å²) in [5.41, 5.74) is 0. The van der Waals surface area contributed by atoms with Crippen LogP contribution in [0.1, 0.15) is 41.2 Å². The van der Waals surface area contributed by atoms with E-state index in [1.165, 1.54) is 4.88 Å². The Hall–Kier alpha value is -0.710. The molecule has 0 saturated carbocycles. The molecule has 0 bridgehead atoms. The minimum atomic E-state index is 0.0632. The quantitative estimate of drug-likeness (QED) is 0.483. The number of hydrogen-bond donors (Lipinski definition) is 0. The van der Waals surface area contributed by atoms with E-state index in [1.807, 2.05) is 12.1 Å². The summed E-state index contributed by atoms with van der Waals surface area (Å²) in [4.78, 5) is 13.8. The zero-order chi connectivity index (χ0) is 13.2. The first-order valence-electron chi connectivity index (χ1n) is 6.55. The Morgan fingerprint density at radius 2 is 1.94 bits per heavy atom. The van der Waals surface area contributed by atoms with Gasteiger partial charge in [-0.3, -0.25) is 4.79 Å². The molecule has 0 aliphatic rings. The van der Waals surface area contributed by atoms with Crippen LogP contribution in [0.2, 0.25) is 0 Å². The molecule has 0 spiro atoms. The number of carbonyl (C=O) groups excluding carboxylic acids is 1. The van der Waals surface area contributed by atoms with Crippen LogP contribution >= 0.6 is 11.3 Å². The molecule has 3 nitrogen and oxygen atoms in total. The van der Waals surface area contributed by atoms with Crippen LogP contribution in [0.5, 0.6) is 0 Å². The minimum Gasteiger partial charge on any atom is -0.379 e. The van der Waals surface area contributed by atoms with Crippen molar-refractivity contribution in [2.45, 2.75) is 33.1 Å². The average Bonchev–Trinajstić information content (AvgIpc) is 2.86. The van der Waals surface area contributed by atoms with Gasteiger partial charge in [-0.2, -0.15) is 0 Å². The van der Waals surface area contributed by atoms with Crippen LogP contribution in [0.15, 0.2) is 12.1 Å². The van der Waals surface area contributed by atoms with E-state index in [4.69, 9.17) is 9.47 Å². The van der Waals surface area contributed by atoms with E-state index >= 15 is 0 Å². The van der Waals surface area contributed by atoms with Crippen molar-refractivity contribution in [3.63, 3.8) is 0 Å². The molecular weight excluding hydrogens is 248 g/mol. The zero-order valence-electron chi connectivity index (χ0n) is 11.2. The lowest BCUT2D eigenvalue weighted by molar-refractivity contribution is 0.0434.